The molecule has 0 saturated carbocycles. The van der Waals surface area contributed by atoms with Crippen molar-refractivity contribution in [1.29, 1.82) is 0 Å². The van der Waals surface area contributed by atoms with Crippen LogP contribution in [0.1, 0.15) is 12.0 Å². The van der Waals surface area contributed by atoms with Crippen molar-refractivity contribution in [1.82, 2.24) is 4.90 Å². The molecular formula is C12H18NO. The zero-order valence-electron chi connectivity index (χ0n) is 8.99. The van der Waals surface area contributed by atoms with Gasteiger partial charge in [-0.15, -0.1) is 0 Å². The maximum atomic E-state index is 5.56. The first-order valence-electron chi connectivity index (χ1n) is 4.88. The Morgan fingerprint density at radius 2 is 1.86 bits per heavy atom. The maximum absolute atomic E-state index is 5.56. The molecule has 0 bridgehead atoms. The van der Waals surface area contributed by atoms with Crippen molar-refractivity contribution in [2.45, 2.75) is 6.42 Å². The lowest BCUT2D eigenvalue weighted by molar-refractivity contribution is 0.281. The van der Waals surface area contributed by atoms with Crippen molar-refractivity contribution in [3.8, 4) is 5.75 Å². The highest BCUT2D eigenvalue weighted by Gasteiger charge is 1.94. The summed E-state index contributed by atoms with van der Waals surface area (Å²) in [7, 11) is 4.13. The van der Waals surface area contributed by atoms with Crippen LogP contribution in [0.2, 0.25) is 0 Å². The van der Waals surface area contributed by atoms with E-state index < -0.39 is 0 Å². The number of rotatable bonds is 5. The Hall–Kier alpha value is -1.02. The average Bonchev–Trinajstić information content (AvgIpc) is 2.15. The number of nitrogens with zero attached hydrogens (tertiary/aromatic N) is 1. The molecule has 0 saturated heterocycles. The fraction of sp³-hybridized carbons (Fsp3) is 0.417. The van der Waals surface area contributed by atoms with Gasteiger partial charge in [-0.25, -0.2) is 0 Å². The zero-order chi connectivity index (χ0) is 10.4. The minimum atomic E-state index is 0.772. The van der Waals surface area contributed by atoms with E-state index in [0.717, 1.165) is 30.9 Å². The second-order valence-corrected chi connectivity index (χ2v) is 3.65. The van der Waals surface area contributed by atoms with Gasteiger partial charge >= 0.3 is 0 Å². The summed E-state index contributed by atoms with van der Waals surface area (Å²) in [5.41, 5.74) is 1.02. The van der Waals surface area contributed by atoms with Gasteiger partial charge in [0.25, 0.3) is 0 Å². The second kappa shape index (κ2) is 5.66. The van der Waals surface area contributed by atoms with Crippen molar-refractivity contribution < 1.29 is 4.74 Å². The molecule has 0 spiro atoms. The van der Waals surface area contributed by atoms with E-state index >= 15 is 0 Å². The smallest absolute Gasteiger partial charge is 0.119 e. The summed E-state index contributed by atoms with van der Waals surface area (Å²) >= 11 is 0. The zero-order valence-corrected chi connectivity index (χ0v) is 8.99. The topological polar surface area (TPSA) is 12.5 Å². The third-order valence-electron chi connectivity index (χ3n) is 1.94. The van der Waals surface area contributed by atoms with Crippen molar-refractivity contribution in [2.24, 2.45) is 0 Å². The lowest BCUT2D eigenvalue weighted by Crippen LogP contribution is -2.15. The van der Waals surface area contributed by atoms with Crippen molar-refractivity contribution >= 4 is 0 Å². The minimum Gasteiger partial charge on any atom is -0.494 e. The van der Waals surface area contributed by atoms with Crippen LogP contribution in [0.3, 0.4) is 0 Å². The predicted octanol–water partition coefficient (Wildman–Crippen LogP) is 2.20. The summed E-state index contributed by atoms with van der Waals surface area (Å²) < 4.78 is 5.56. The molecule has 1 radical (unpaired) electrons. The van der Waals surface area contributed by atoms with E-state index in [1.54, 1.807) is 0 Å². The summed E-state index contributed by atoms with van der Waals surface area (Å²) in [5, 5.41) is 0. The van der Waals surface area contributed by atoms with Crippen LogP contribution in [-0.2, 0) is 0 Å². The van der Waals surface area contributed by atoms with E-state index in [-0.39, 0.29) is 0 Å². The highest BCUT2D eigenvalue weighted by atomic mass is 16.5. The summed E-state index contributed by atoms with van der Waals surface area (Å²) in [6.45, 7) is 5.65. The van der Waals surface area contributed by atoms with Crippen LogP contribution in [0.25, 0.3) is 0 Å². The SMILES string of the molecule is [CH2]c1ccc(OCCCN(C)C)cc1. The van der Waals surface area contributed by atoms with E-state index in [0.29, 0.717) is 0 Å². The average molecular weight is 192 g/mol. The molecule has 0 heterocycles. The monoisotopic (exact) mass is 192 g/mol. The fourth-order valence-electron chi connectivity index (χ4n) is 1.16. The molecule has 0 aromatic heterocycles. The van der Waals surface area contributed by atoms with Crippen LogP contribution in [0.5, 0.6) is 5.75 Å². The van der Waals surface area contributed by atoms with Gasteiger partial charge in [-0.3, -0.25) is 0 Å². The van der Waals surface area contributed by atoms with E-state index in [4.69, 9.17) is 4.74 Å². The van der Waals surface area contributed by atoms with Crippen LogP contribution < -0.4 is 4.74 Å². The summed E-state index contributed by atoms with van der Waals surface area (Å²) in [5.74, 6) is 0.927. The Labute approximate surface area is 86.5 Å². The third kappa shape index (κ3) is 4.28. The first-order valence-corrected chi connectivity index (χ1v) is 4.88. The van der Waals surface area contributed by atoms with E-state index in [9.17, 15) is 0 Å². The molecule has 0 unspecified atom stereocenters. The van der Waals surface area contributed by atoms with Crippen molar-refractivity contribution in [2.75, 3.05) is 27.2 Å². The van der Waals surface area contributed by atoms with E-state index in [2.05, 4.69) is 25.9 Å². The number of ether oxygens (including phenoxy) is 1. The predicted molar refractivity (Wildman–Crippen MR) is 59.6 cm³/mol. The lowest BCUT2D eigenvalue weighted by atomic mass is 10.2. The summed E-state index contributed by atoms with van der Waals surface area (Å²) in [6, 6.07) is 7.83. The highest BCUT2D eigenvalue weighted by molar-refractivity contribution is 5.28. The molecule has 2 heteroatoms. The molecule has 0 aliphatic heterocycles. The number of benzene rings is 1. The van der Waals surface area contributed by atoms with Gasteiger partial charge in [-0.1, -0.05) is 12.1 Å². The Balaban J connectivity index is 2.21. The Bertz CT molecular complexity index is 254. The molecule has 1 aromatic rings. The van der Waals surface area contributed by atoms with Gasteiger partial charge in [0, 0.05) is 6.54 Å². The summed E-state index contributed by atoms with van der Waals surface area (Å²) in [6.07, 6.45) is 1.05. The first-order chi connectivity index (χ1) is 6.68. The minimum absolute atomic E-state index is 0.772. The van der Waals surface area contributed by atoms with Gasteiger partial charge in [0.2, 0.25) is 0 Å². The fourth-order valence-corrected chi connectivity index (χ4v) is 1.16. The molecule has 0 aliphatic rings. The van der Waals surface area contributed by atoms with E-state index in [1.807, 2.05) is 24.3 Å². The molecule has 0 amide bonds. The number of hydrogen-bond donors (Lipinski definition) is 0. The maximum Gasteiger partial charge on any atom is 0.119 e. The molecule has 2 nitrogen and oxygen atoms in total. The van der Waals surface area contributed by atoms with Crippen molar-refractivity contribution in [3.05, 3.63) is 36.8 Å². The largest absolute Gasteiger partial charge is 0.494 e. The van der Waals surface area contributed by atoms with Crippen molar-refractivity contribution in [3.63, 3.8) is 0 Å². The number of hydrogen-bond acceptors (Lipinski definition) is 2. The second-order valence-electron chi connectivity index (χ2n) is 3.65. The van der Waals surface area contributed by atoms with Gasteiger partial charge < -0.3 is 9.64 Å². The van der Waals surface area contributed by atoms with Crippen LogP contribution >= 0.6 is 0 Å². The Morgan fingerprint density at radius 1 is 1.21 bits per heavy atom. The molecule has 14 heavy (non-hydrogen) atoms. The van der Waals surface area contributed by atoms with Gasteiger partial charge in [0.15, 0.2) is 0 Å². The van der Waals surface area contributed by atoms with Crippen LogP contribution in [0.4, 0.5) is 0 Å². The molecule has 0 atom stereocenters. The van der Waals surface area contributed by atoms with Gasteiger partial charge in [-0.05, 0) is 45.1 Å². The lowest BCUT2D eigenvalue weighted by Gasteiger charge is -2.10. The third-order valence-corrected chi connectivity index (χ3v) is 1.94. The van der Waals surface area contributed by atoms with Crippen LogP contribution in [0, 0.1) is 6.92 Å². The van der Waals surface area contributed by atoms with E-state index in [1.165, 1.54) is 0 Å². The van der Waals surface area contributed by atoms with Gasteiger partial charge in [-0.2, -0.15) is 0 Å². The molecule has 0 aliphatic carbocycles. The standard InChI is InChI=1S/C12H18NO/c1-11-5-7-12(8-6-11)14-10-4-9-13(2)3/h5-8H,1,4,9-10H2,2-3H3. The molecule has 77 valence electrons. The molecule has 0 fully saturated rings. The van der Waals surface area contributed by atoms with Crippen LogP contribution in [0.15, 0.2) is 24.3 Å². The summed E-state index contributed by atoms with van der Waals surface area (Å²) in [4.78, 5) is 2.16. The molecule has 1 rings (SSSR count). The Morgan fingerprint density at radius 3 is 2.43 bits per heavy atom. The molecule has 0 N–H and O–H groups in total. The highest BCUT2D eigenvalue weighted by Crippen LogP contribution is 2.11. The molecular weight excluding hydrogens is 174 g/mol. The quantitative estimate of drug-likeness (QED) is 0.663. The van der Waals surface area contributed by atoms with Gasteiger partial charge in [0.1, 0.15) is 5.75 Å². The normalized spacial score (nSPS) is 10.6. The Kier molecular flexibility index (Phi) is 4.47. The first kappa shape index (κ1) is 11.1. The van der Waals surface area contributed by atoms with Gasteiger partial charge in [0.05, 0.1) is 6.61 Å². The molecule has 1 aromatic carbocycles. The van der Waals surface area contributed by atoms with Crippen LogP contribution in [-0.4, -0.2) is 32.1 Å².